The number of aliphatic hydroxyl groups excluding tert-OH is 2. The Morgan fingerprint density at radius 2 is 1.65 bits per heavy atom. The highest BCUT2D eigenvalue weighted by Crippen LogP contribution is 2.83. The van der Waals surface area contributed by atoms with Gasteiger partial charge in [-0.3, -0.25) is 19.2 Å². The van der Waals surface area contributed by atoms with Crippen molar-refractivity contribution < 1.29 is 57.5 Å². The first-order valence-electron chi connectivity index (χ1n) is 16.3. The predicted molar refractivity (Wildman–Crippen MR) is 155 cm³/mol. The number of hydrogen-bond acceptors (Lipinski definition) is 12. The van der Waals surface area contributed by atoms with Crippen LogP contribution in [-0.2, 0) is 42.9 Å². The highest BCUT2D eigenvalue weighted by Gasteiger charge is 2.92. The number of furan rings is 1. The van der Waals surface area contributed by atoms with E-state index in [0.717, 1.165) is 5.56 Å². The molecule has 6 fully saturated rings. The fourth-order valence-electron chi connectivity index (χ4n) is 11.4. The molecule has 2 aliphatic heterocycles. The van der Waals surface area contributed by atoms with Crippen molar-refractivity contribution in [3.8, 4) is 0 Å². The van der Waals surface area contributed by atoms with Crippen LogP contribution in [0.2, 0.25) is 0 Å². The molecule has 0 aromatic carbocycles. The van der Waals surface area contributed by atoms with E-state index in [1.807, 2.05) is 19.9 Å². The first-order chi connectivity index (χ1) is 21.5. The van der Waals surface area contributed by atoms with E-state index in [-0.39, 0.29) is 31.5 Å². The molecule has 1 aromatic heterocycles. The van der Waals surface area contributed by atoms with E-state index in [4.69, 9.17) is 28.1 Å². The van der Waals surface area contributed by atoms with Crippen molar-refractivity contribution in [2.45, 2.75) is 116 Å². The van der Waals surface area contributed by atoms with Crippen molar-refractivity contribution in [2.75, 3.05) is 6.61 Å². The van der Waals surface area contributed by atoms with E-state index in [1.54, 1.807) is 33.3 Å². The lowest BCUT2D eigenvalue weighted by Crippen LogP contribution is -2.82. The van der Waals surface area contributed by atoms with Crippen LogP contribution >= 0.6 is 0 Å². The smallest absolute Gasteiger partial charge is 0.310 e. The lowest BCUT2D eigenvalue weighted by atomic mass is 9.33. The molecule has 0 amide bonds. The van der Waals surface area contributed by atoms with Crippen LogP contribution in [0.4, 0.5) is 0 Å². The number of hydrogen-bond donors (Lipinski definition) is 2. The van der Waals surface area contributed by atoms with Crippen LogP contribution in [0.15, 0.2) is 23.0 Å². The van der Waals surface area contributed by atoms with E-state index in [1.165, 1.54) is 13.8 Å². The molecule has 12 nitrogen and oxygen atoms in total. The third-order valence-corrected chi connectivity index (χ3v) is 13.3. The van der Waals surface area contributed by atoms with E-state index >= 15 is 4.79 Å². The summed E-state index contributed by atoms with van der Waals surface area (Å²) in [5.74, 6) is -4.71. The van der Waals surface area contributed by atoms with Crippen LogP contribution < -0.4 is 0 Å². The van der Waals surface area contributed by atoms with Gasteiger partial charge in [-0.25, -0.2) is 0 Å². The number of Topliss-reactive ketones (excluding diaryl/α,β-unsaturated/α-hetero) is 1. The Balaban J connectivity index is 1.41. The number of aliphatic hydroxyl groups is 2. The molecule has 1 aromatic rings. The molecule has 7 rings (SSSR count). The summed E-state index contributed by atoms with van der Waals surface area (Å²) in [5.41, 5.74) is -5.13. The van der Waals surface area contributed by atoms with Crippen molar-refractivity contribution in [3.63, 3.8) is 0 Å². The number of epoxide rings is 1. The molecule has 4 saturated carbocycles. The Labute approximate surface area is 267 Å². The zero-order chi connectivity index (χ0) is 33.4. The molecule has 2 saturated heterocycles. The van der Waals surface area contributed by atoms with Gasteiger partial charge in [-0.05, 0) is 37.3 Å². The van der Waals surface area contributed by atoms with Crippen molar-refractivity contribution in [1.82, 2.24) is 0 Å². The van der Waals surface area contributed by atoms with Crippen LogP contribution in [0.25, 0.3) is 0 Å². The molecule has 4 aliphatic carbocycles. The minimum Gasteiger partial charge on any atom is -0.472 e. The third kappa shape index (κ3) is 3.54. The van der Waals surface area contributed by atoms with Crippen molar-refractivity contribution in [2.24, 2.45) is 39.4 Å². The van der Waals surface area contributed by atoms with E-state index in [9.17, 15) is 24.6 Å². The van der Waals surface area contributed by atoms with E-state index < -0.39 is 99.4 Å². The maximum Gasteiger partial charge on any atom is 0.310 e. The average molecular weight is 645 g/mol. The van der Waals surface area contributed by atoms with Gasteiger partial charge in [0.05, 0.1) is 54.2 Å². The Kier molecular flexibility index (Phi) is 6.82. The van der Waals surface area contributed by atoms with Crippen molar-refractivity contribution in [3.05, 3.63) is 24.2 Å². The van der Waals surface area contributed by atoms with Crippen LogP contribution in [0.1, 0.15) is 79.2 Å². The standard InChI is InChI=1S/C34H44O12/c1-15(2)28(40)45-29-30(5)20-11-21(37)32(7)26(33(20,14-42-29)22(38)12-23(30)43-16(3)35)25(39)27(44-17(4)36)31(6)19(18-8-9-41-13-18)10-24-34(31,32)46-24/h8-9,13,15,19-24,26-27,29,37-38H,10-12,14H2,1-7H3/t19-,20-,21+,22-,23+,24+,26-,27-,29?,30-,31+,32+,33+,34+/m0/s1. The van der Waals surface area contributed by atoms with Crippen LogP contribution in [-0.4, -0.2) is 82.9 Å². The van der Waals surface area contributed by atoms with Crippen LogP contribution in [0.3, 0.4) is 0 Å². The van der Waals surface area contributed by atoms with E-state index in [2.05, 4.69) is 0 Å². The molecule has 1 spiro atoms. The maximum atomic E-state index is 15.3. The topological polar surface area (TPSA) is 171 Å². The van der Waals surface area contributed by atoms with E-state index in [0.29, 0.717) is 6.42 Å². The fraction of sp³-hybridized carbons (Fsp3) is 0.765. The summed E-state index contributed by atoms with van der Waals surface area (Å²) in [6.07, 6.45) is -2.36. The Bertz CT molecular complexity index is 1470. The molecular formula is C34H44O12. The number of carbonyl (C=O) groups excluding carboxylic acids is 4. The molecular weight excluding hydrogens is 600 g/mol. The molecule has 46 heavy (non-hydrogen) atoms. The zero-order valence-corrected chi connectivity index (χ0v) is 27.3. The predicted octanol–water partition coefficient (Wildman–Crippen LogP) is 2.67. The van der Waals surface area contributed by atoms with Gasteiger partial charge in [0.1, 0.15) is 11.7 Å². The molecule has 0 radical (unpaired) electrons. The van der Waals surface area contributed by atoms with Gasteiger partial charge in [-0.2, -0.15) is 0 Å². The van der Waals surface area contributed by atoms with Crippen molar-refractivity contribution in [1.29, 1.82) is 0 Å². The summed E-state index contributed by atoms with van der Waals surface area (Å²) in [4.78, 5) is 53.3. The molecule has 252 valence electrons. The number of rotatable bonds is 5. The number of fused-ring (bicyclic) bond motifs is 1. The lowest BCUT2D eigenvalue weighted by molar-refractivity contribution is -0.374. The van der Waals surface area contributed by atoms with Gasteiger partial charge in [0.25, 0.3) is 0 Å². The second-order valence-electron chi connectivity index (χ2n) is 15.4. The Morgan fingerprint density at radius 3 is 2.26 bits per heavy atom. The van der Waals surface area contributed by atoms with Gasteiger partial charge >= 0.3 is 17.9 Å². The molecule has 3 heterocycles. The minimum absolute atomic E-state index is 0.0495. The third-order valence-electron chi connectivity index (χ3n) is 13.3. The zero-order valence-electron chi connectivity index (χ0n) is 27.3. The minimum atomic E-state index is -1.32. The summed E-state index contributed by atoms with van der Waals surface area (Å²) in [6, 6.07) is 1.84. The van der Waals surface area contributed by atoms with Gasteiger partial charge in [0.2, 0.25) is 6.29 Å². The Hall–Kier alpha value is -2.80. The monoisotopic (exact) mass is 644 g/mol. The second kappa shape index (κ2) is 9.87. The average Bonchev–Trinajstić information content (AvgIpc) is 3.33. The summed E-state index contributed by atoms with van der Waals surface area (Å²) in [6.45, 7) is 11.3. The lowest BCUT2D eigenvalue weighted by Gasteiger charge is -2.73. The fourth-order valence-corrected chi connectivity index (χ4v) is 11.4. The molecule has 12 heteroatoms. The largest absolute Gasteiger partial charge is 0.472 e. The van der Waals surface area contributed by atoms with Gasteiger partial charge < -0.3 is 38.3 Å². The van der Waals surface area contributed by atoms with Gasteiger partial charge in [0.15, 0.2) is 11.9 Å². The summed E-state index contributed by atoms with van der Waals surface area (Å²) < 4.78 is 36.1. The molecule has 1 unspecified atom stereocenters. The van der Waals surface area contributed by atoms with Gasteiger partial charge in [0, 0.05) is 42.9 Å². The van der Waals surface area contributed by atoms with Gasteiger partial charge in [-0.1, -0.05) is 27.7 Å². The molecule has 2 bridgehead atoms. The second-order valence-corrected chi connectivity index (χ2v) is 15.4. The molecule has 14 atom stereocenters. The number of esters is 3. The van der Waals surface area contributed by atoms with Crippen LogP contribution in [0, 0.1) is 39.4 Å². The van der Waals surface area contributed by atoms with Gasteiger partial charge in [-0.15, -0.1) is 0 Å². The number of ketones is 1. The molecule has 6 aliphatic rings. The molecule has 2 N–H and O–H groups in total. The highest BCUT2D eigenvalue weighted by atomic mass is 16.7. The number of ether oxygens (including phenoxy) is 5. The number of carbonyl (C=O) groups is 4. The first kappa shape index (κ1) is 31.8. The highest BCUT2D eigenvalue weighted by molar-refractivity contribution is 5.93. The summed E-state index contributed by atoms with van der Waals surface area (Å²) >= 11 is 0. The quantitative estimate of drug-likeness (QED) is 0.273. The SMILES string of the molecule is CC(=O)O[C@@H]1C[C@H](O)[C@@]23COC(OC(=O)C(C)C)[C@@]1(C)[C@@H]2C[C@@H](O)[C@]1(C)[C@@H]3C(=O)[C@H](OC(C)=O)[C@@]2(C)[C@H](c3ccoc3)C[C@H]3O[C@]321. The van der Waals surface area contributed by atoms with Crippen LogP contribution in [0.5, 0.6) is 0 Å². The first-order valence-corrected chi connectivity index (χ1v) is 16.3. The maximum absolute atomic E-state index is 15.3. The summed E-state index contributed by atoms with van der Waals surface area (Å²) in [7, 11) is 0. The van der Waals surface area contributed by atoms with Crippen molar-refractivity contribution >= 4 is 23.7 Å². The normalized spacial score (nSPS) is 50.0. The Morgan fingerprint density at radius 1 is 0.957 bits per heavy atom. The summed E-state index contributed by atoms with van der Waals surface area (Å²) in [5, 5.41) is 24.7.